The molecule has 2 amide bonds. The van der Waals surface area contributed by atoms with E-state index < -0.39 is 6.04 Å². The van der Waals surface area contributed by atoms with Crippen molar-refractivity contribution in [2.24, 2.45) is 0 Å². The summed E-state index contributed by atoms with van der Waals surface area (Å²) in [6.45, 7) is 2.05. The van der Waals surface area contributed by atoms with Crippen molar-refractivity contribution < 1.29 is 9.59 Å². The van der Waals surface area contributed by atoms with E-state index in [2.05, 4.69) is 21.2 Å². The minimum Gasteiger partial charge on any atom is -0.345 e. The van der Waals surface area contributed by atoms with E-state index in [9.17, 15) is 9.59 Å². The Labute approximate surface area is 118 Å². The molecule has 0 saturated carbocycles. The van der Waals surface area contributed by atoms with E-state index >= 15 is 0 Å². The molecule has 4 nitrogen and oxygen atoms in total. The van der Waals surface area contributed by atoms with Crippen LogP contribution < -0.4 is 10.2 Å². The van der Waals surface area contributed by atoms with Gasteiger partial charge < -0.3 is 10.2 Å². The first-order valence-electron chi connectivity index (χ1n) is 5.55. The lowest BCUT2D eigenvalue weighted by Crippen LogP contribution is -2.42. The van der Waals surface area contributed by atoms with Gasteiger partial charge in [0.25, 0.3) is 0 Å². The average molecular weight is 332 g/mol. The van der Waals surface area contributed by atoms with Gasteiger partial charge in [-0.05, 0) is 41.1 Å². The highest BCUT2D eigenvalue weighted by molar-refractivity contribution is 9.10. The van der Waals surface area contributed by atoms with Gasteiger partial charge in [-0.15, -0.1) is 0 Å². The van der Waals surface area contributed by atoms with Crippen LogP contribution in [0.2, 0.25) is 5.02 Å². The van der Waals surface area contributed by atoms with Crippen molar-refractivity contribution >= 4 is 45.0 Å². The summed E-state index contributed by atoms with van der Waals surface area (Å²) >= 11 is 9.32. The van der Waals surface area contributed by atoms with Crippen molar-refractivity contribution in [3.63, 3.8) is 0 Å². The van der Waals surface area contributed by atoms with Gasteiger partial charge in [0.15, 0.2) is 0 Å². The van der Waals surface area contributed by atoms with Gasteiger partial charge in [-0.25, -0.2) is 0 Å². The molecule has 1 aromatic rings. The molecule has 1 saturated heterocycles. The summed E-state index contributed by atoms with van der Waals surface area (Å²) < 4.78 is 0.775. The molecular formula is C12H12BrClN2O2. The van der Waals surface area contributed by atoms with Gasteiger partial charge in [-0.1, -0.05) is 11.6 Å². The minimum absolute atomic E-state index is 0.110. The Hall–Kier alpha value is -1.07. The fraction of sp³-hybridized carbons (Fsp3) is 0.333. The second-order valence-electron chi connectivity index (χ2n) is 4.13. The lowest BCUT2D eigenvalue weighted by Gasteiger charge is -2.22. The molecular weight excluding hydrogens is 320 g/mol. The van der Waals surface area contributed by atoms with Crippen LogP contribution in [0.3, 0.4) is 0 Å². The maximum Gasteiger partial charge on any atom is 0.249 e. The molecule has 1 fully saturated rings. The standard InChI is InChI=1S/C12H12BrClN2O2/c1-7-12(18)16(5-4-11(17)15-7)8-2-3-9(13)10(14)6-8/h2-3,6-7H,4-5H2,1H3,(H,15,17). The number of benzene rings is 1. The number of hydrogen-bond acceptors (Lipinski definition) is 2. The smallest absolute Gasteiger partial charge is 0.249 e. The van der Waals surface area contributed by atoms with E-state index in [1.54, 1.807) is 30.0 Å². The largest absolute Gasteiger partial charge is 0.345 e. The molecule has 6 heteroatoms. The Morgan fingerprint density at radius 1 is 1.44 bits per heavy atom. The molecule has 0 aliphatic carbocycles. The maximum absolute atomic E-state index is 12.1. The molecule has 96 valence electrons. The van der Waals surface area contributed by atoms with Crippen molar-refractivity contribution in [2.45, 2.75) is 19.4 Å². The Kier molecular flexibility index (Phi) is 3.92. The number of nitrogens with zero attached hydrogens (tertiary/aromatic N) is 1. The van der Waals surface area contributed by atoms with Gasteiger partial charge in [-0.2, -0.15) is 0 Å². The Morgan fingerprint density at radius 2 is 2.17 bits per heavy atom. The molecule has 1 aliphatic rings. The lowest BCUT2D eigenvalue weighted by atomic mass is 10.2. The molecule has 1 aliphatic heterocycles. The second-order valence-corrected chi connectivity index (χ2v) is 5.39. The van der Waals surface area contributed by atoms with Crippen LogP contribution in [-0.4, -0.2) is 24.4 Å². The van der Waals surface area contributed by atoms with Crippen molar-refractivity contribution in [1.29, 1.82) is 0 Å². The van der Waals surface area contributed by atoms with Crippen molar-refractivity contribution in [3.8, 4) is 0 Å². The quantitative estimate of drug-likeness (QED) is 0.859. The van der Waals surface area contributed by atoms with Gasteiger partial charge in [0.05, 0.1) is 5.02 Å². The van der Waals surface area contributed by atoms with Crippen molar-refractivity contribution in [1.82, 2.24) is 5.32 Å². The zero-order chi connectivity index (χ0) is 13.3. The van der Waals surface area contributed by atoms with Crippen LogP contribution in [0.4, 0.5) is 5.69 Å². The number of halogens is 2. The zero-order valence-corrected chi connectivity index (χ0v) is 12.1. The summed E-state index contributed by atoms with van der Waals surface area (Å²) in [7, 11) is 0. The fourth-order valence-electron chi connectivity index (χ4n) is 1.84. The van der Waals surface area contributed by atoms with Crippen LogP contribution in [-0.2, 0) is 9.59 Å². The highest BCUT2D eigenvalue weighted by Gasteiger charge is 2.27. The third kappa shape index (κ3) is 2.67. The highest BCUT2D eigenvalue weighted by atomic mass is 79.9. The molecule has 2 rings (SSSR count). The fourth-order valence-corrected chi connectivity index (χ4v) is 2.26. The molecule has 0 spiro atoms. The predicted molar refractivity (Wildman–Crippen MR) is 73.7 cm³/mol. The van der Waals surface area contributed by atoms with Gasteiger partial charge in [0.2, 0.25) is 11.8 Å². The first-order chi connectivity index (χ1) is 8.49. The zero-order valence-electron chi connectivity index (χ0n) is 9.74. The van der Waals surface area contributed by atoms with Gasteiger partial charge in [0.1, 0.15) is 6.04 Å². The molecule has 1 N–H and O–H groups in total. The maximum atomic E-state index is 12.1. The normalized spacial score (nSPS) is 20.6. The number of carbonyl (C=O) groups excluding carboxylic acids is 2. The van der Waals surface area contributed by atoms with Crippen LogP contribution in [0.15, 0.2) is 22.7 Å². The predicted octanol–water partition coefficient (Wildman–Crippen LogP) is 2.34. The highest BCUT2D eigenvalue weighted by Crippen LogP contribution is 2.28. The number of amides is 2. The molecule has 1 atom stereocenters. The molecule has 1 aromatic carbocycles. The lowest BCUT2D eigenvalue weighted by molar-refractivity contribution is -0.125. The van der Waals surface area contributed by atoms with Crippen LogP contribution in [0.25, 0.3) is 0 Å². The van der Waals surface area contributed by atoms with E-state index in [1.807, 2.05) is 0 Å². The van der Waals surface area contributed by atoms with Gasteiger partial charge in [0, 0.05) is 23.1 Å². The Balaban J connectivity index is 2.33. The number of nitrogens with one attached hydrogen (secondary N) is 1. The summed E-state index contributed by atoms with van der Waals surface area (Å²) in [4.78, 5) is 25.1. The van der Waals surface area contributed by atoms with E-state index in [4.69, 9.17) is 11.6 Å². The summed E-state index contributed by atoms with van der Waals surface area (Å²) in [6, 6.07) is 4.79. The number of carbonyl (C=O) groups is 2. The van der Waals surface area contributed by atoms with E-state index in [-0.39, 0.29) is 11.8 Å². The summed E-state index contributed by atoms with van der Waals surface area (Å²) in [6.07, 6.45) is 0.295. The summed E-state index contributed by atoms with van der Waals surface area (Å²) in [5, 5.41) is 3.18. The molecule has 0 radical (unpaired) electrons. The molecule has 18 heavy (non-hydrogen) atoms. The van der Waals surface area contributed by atoms with Crippen molar-refractivity contribution in [3.05, 3.63) is 27.7 Å². The first-order valence-corrected chi connectivity index (χ1v) is 6.72. The molecule has 1 heterocycles. The topological polar surface area (TPSA) is 49.4 Å². The summed E-state index contributed by atoms with van der Waals surface area (Å²) in [5.74, 6) is -0.235. The number of anilines is 1. The van der Waals surface area contributed by atoms with Gasteiger partial charge >= 0.3 is 0 Å². The van der Waals surface area contributed by atoms with Crippen LogP contribution in [0.1, 0.15) is 13.3 Å². The average Bonchev–Trinajstić information content (AvgIpc) is 2.44. The molecule has 0 aromatic heterocycles. The first kappa shape index (κ1) is 13.4. The Bertz CT molecular complexity index is 507. The second kappa shape index (κ2) is 5.28. The summed E-state index contributed by atoms with van der Waals surface area (Å²) in [5.41, 5.74) is 0.705. The van der Waals surface area contributed by atoms with E-state index in [0.29, 0.717) is 23.7 Å². The van der Waals surface area contributed by atoms with Gasteiger partial charge in [-0.3, -0.25) is 9.59 Å². The number of hydrogen-bond donors (Lipinski definition) is 1. The third-order valence-electron chi connectivity index (χ3n) is 2.79. The monoisotopic (exact) mass is 330 g/mol. The van der Waals surface area contributed by atoms with Crippen LogP contribution in [0, 0.1) is 0 Å². The molecule has 1 unspecified atom stereocenters. The molecule has 0 bridgehead atoms. The number of rotatable bonds is 1. The Morgan fingerprint density at radius 3 is 2.83 bits per heavy atom. The van der Waals surface area contributed by atoms with Crippen LogP contribution >= 0.6 is 27.5 Å². The van der Waals surface area contributed by atoms with Crippen LogP contribution in [0.5, 0.6) is 0 Å². The minimum atomic E-state index is -0.512. The SMILES string of the molecule is CC1NC(=O)CCN(c2ccc(Br)c(Cl)c2)C1=O. The van der Waals surface area contributed by atoms with Crippen molar-refractivity contribution in [2.75, 3.05) is 11.4 Å². The van der Waals surface area contributed by atoms with E-state index in [0.717, 1.165) is 4.47 Å². The van der Waals surface area contributed by atoms with E-state index in [1.165, 1.54) is 0 Å². The third-order valence-corrected chi connectivity index (χ3v) is 4.02.